The summed E-state index contributed by atoms with van der Waals surface area (Å²) in [5.41, 5.74) is 0. The van der Waals surface area contributed by atoms with Gasteiger partial charge in [0, 0.05) is 6.61 Å². The van der Waals surface area contributed by atoms with Crippen molar-refractivity contribution in [3.8, 4) is 0 Å². The Balaban J connectivity index is 2.02. The Morgan fingerprint density at radius 3 is 2.79 bits per heavy atom. The number of ether oxygens (including phenoxy) is 1. The van der Waals surface area contributed by atoms with E-state index in [1.807, 2.05) is 0 Å². The smallest absolute Gasteiger partial charge is 0.309 e. The second-order valence-corrected chi connectivity index (χ2v) is 4.53. The van der Waals surface area contributed by atoms with E-state index in [2.05, 4.69) is 6.92 Å². The molecule has 0 aromatic heterocycles. The third-order valence-corrected chi connectivity index (χ3v) is 3.64. The Kier molecular flexibility index (Phi) is 2.77. The van der Waals surface area contributed by atoms with Gasteiger partial charge in [-0.25, -0.2) is 0 Å². The first-order valence-corrected chi connectivity index (χ1v) is 5.58. The zero-order valence-electron chi connectivity index (χ0n) is 8.61. The summed E-state index contributed by atoms with van der Waals surface area (Å²) < 4.78 is 5.68. The molecule has 3 nitrogen and oxygen atoms in total. The Labute approximate surface area is 84.4 Å². The number of carboxylic acids is 1. The van der Waals surface area contributed by atoms with Crippen LogP contribution in [0.3, 0.4) is 0 Å². The van der Waals surface area contributed by atoms with E-state index in [0.29, 0.717) is 18.4 Å². The van der Waals surface area contributed by atoms with Gasteiger partial charge < -0.3 is 9.84 Å². The maximum absolute atomic E-state index is 11.1. The summed E-state index contributed by atoms with van der Waals surface area (Å²) >= 11 is 0. The fourth-order valence-corrected chi connectivity index (χ4v) is 3.07. The first kappa shape index (κ1) is 9.97. The molecule has 2 aliphatic carbocycles. The summed E-state index contributed by atoms with van der Waals surface area (Å²) in [5, 5.41) is 9.13. The van der Waals surface area contributed by atoms with Crippen LogP contribution in [0.1, 0.15) is 32.6 Å². The highest BCUT2D eigenvalue weighted by Gasteiger charge is 2.51. The second-order valence-electron chi connectivity index (χ2n) is 4.53. The zero-order chi connectivity index (χ0) is 10.1. The Bertz CT molecular complexity index is 227. The standard InChI is InChI=1S/C11H18O3/c1-2-5-14-10-8-4-3-7(6-8)9(10)11(12)13/h7-10H,2-6H2,1H3,(H,12,13). The molecule has 0 spiro atoms. The minimum atomic E-state index is -0.654. The molecule has 2 bridgehead atoms. The van der Waals surface area contributed by atoms with Crippen molar-refractivity contribution in [3.05, 3.63) is 0 Å². The van der Waals surface area contributed by atoms with E-state index in [1.54, 1.807) is 0 Å². The third kappa shape index (κ3) is 1.54. The van der Waals surface area contributed by atoms with Gasteiger partial charge in [0.2, 0.25) is 0 Å². The highest BCUT2D eigenvalue weighted by atomic mass is 16.5. The van der Waals surface area contributed by atoms with Crippen molar-refractivity contribution in [1.29, 1.82) is 0 Å². The van der Waals surface area contributed by atoms with Gasteiger partial charge in [0.15, 0.2) is 0 Å². The molecule has 0 amide bonds. The molecule has 1 N–H and O–H groups in total. The second kappa shape index (κ2) is 3.89. The minimum absolute atomic E-state index is 0.00574. The normalized spacial score (nSPS) is 40.4. The van der Waals surface area contributed by atoms with E-state index in [4.69, 9.17) is 9.84 Å². The molecule has 4 unspecified atom stereocenters. The predicted octanol–water partition coefficient (Wildman–Crippen LogP) is 1.91. The Morgan fingerprint density at radius 1 is 1.43 bits per heavy atom. The van der Waals surface area contributed by atoms with Crippen molar-refractivity contribution in [2.45, 2.75) is 38.7 Å². The van der Waals surface area contributed by atoms with Crippen LogP contribution in [-0.4, -0.2) is 23.8 Å². The average molecular weight is 198 g/mol. The number of carbonyl (C=O) groups is 1. The van der Waals surface area contributed by atoms with Gasteiger partial charge >= 0.3 is 5.97 Å². The van der Waals surface area contributed by atoms with Gasteiger partial charge in [-0.1, -0.05) is 6.92 Å². The predicted molar refractivity (Wildman–Crippen MR) is 52.0 cm³/mol. The molecule has 0 aromatic rings. The molecule has 0 aromatic carbocycles. The van der Waals surface area contributed by atoms with Gasteiger partial charge in [-0.15, -0.1) is 0 Å². The zero-order valence-corrected chi connectivity index (χ0v) is 8.61. The number of aliphatic carboxylic acids is 1. The van der Waals surface area contributed by atoms with Gasteiger partial charge in [0.1, 0.15) is 0 Å². The largest absolute Gasteiger partial charge is 0.481 e. The average Bonchev–Trinajstić information content (AvgIpc) is 2.72. The van der Waals surface area contributed by atoms with Crippen LogP contribution in [-0.2, 0) is 9.53 Å². The van der Waals surface area contributed by atoms with Crippen LogP contribution in [0.2, 0.25) is 0 Å². The van der Waals surface area contributed by atoms with Crippen LogP contribution in [0, 0.1) is 17.8 Å². The summed E-state index contributed by atoms with van der Waals surface area (Å²) in [4.78, 5) is 11.1. The molecule has 2 aliphatic rings. The fourth-order valence-electron chi connectivity index (χ4n) is 3.07. The summed E-state index contributed by atoms with van der Waals surface area (Å²) in [6.45, 7) is 2.76. The molecule has 2 saturated carbocycles. The van der Waals surface area contributed by atoms with E-state index in [1.165, 1.54) is 6.42 Å². The van der Waals surface area contributed by atoms with Crippen LogP contribution in [0.15, 0.2) is 0 Å². The lowest BCUT2D eigenvalue weighted by molar-refractivity contribution is -0.150. The van der Waals surface area contributed by atoms with Crippen LogP contribution < -0.4 is 0 Å². The van der Waals surface area contributed by atoms with Crippen LogP contribution in [0.25, 0.3) is 0 Å². The van der Waals surface area contributed by atoms with E-state index >= 15 is 0 Å². The number of fused-ring (bicyclic) bond motifs is 2. The third-order valence-electron chi connectivity index (χ3n) is 3.64. The Morgan fingerprint density at radius 2 is 2.14 bits per heavy atom. The molecule has 0 saturated heterocycles. The number of carboxylic acid groups (broad SMARTS) is 1. The van der Waals surface area contributed by atoms with Gasteiger partial charge in [0.05, 0.1) is 12.0 Å². The van der Waals surface area contributed by atoms with Gasteiger partial charge in [0.25, 0.3) is 0 Å². The molecule has 0 heterocycles. The molecule has 80 valence electrons. The number of rotatable bonds is 4. The summed E-state index contributed by atoms with van der Waals surface area (Å²) in [5.74, 6) is 0.0330. The highest BCUT2D eigenvalue weighted by Crippen LogP contribution is 2.49. The highest BCUT2D eigenvalue weighted by molar-refractivity contribution is 5.72. The SMILES string of the molecule is CCCOC1C2CCC(C2)C1C(=O)O. The number of hydrogen-bond donors (Lipinski definition) is 1. The first-order chi connectivity index (χ1) is 6.74. The lowest BCUT2D eigenvalue weighted by Crippen LogP contribution is -2.35. The summed E-state index contributed by atoms with van der Waals surface area (Å²) in [6.07, 6.45) is 4.31. The van der Waals surface area contributed by atoms with E-state index in [-0.39, 0.29) is 12.0 Å². The van der Waals surface area contributed by atoms with Crippen molar-refractivity contribution in [3.63, 3.8) is 0 Å². The van der Waals surface area contributed by atoms with Crippen molar-refractivity contribution < 1.29 is 14.6 Å². The van der Waals surface area contributed by atoms with E-state index in [9.17, 15) is 4.79 Å². The molecule has 0 radical (unpaired) electrons. The fraction of sp³-hybridized carbons (Fsp3) is 0.909. The van der Waals surface area contributed by atoms with Crippen LogP contribution in [0.4, 0.5) is 0 Å². The Hall–Kier alpha value is -0.570. The van der Waals surface area contributed by atoms with Crippen molar-refractivity contribution in [2.24, 2.45) is 17.8 Å². The molecule has 4 atom stereocenters. The lowest BCUT2D eigenvalue weighted by Gasteiger charge is -2.27. The topological polar surface area (TPSA) is 46.5 Å². The quantitative estimate of drug-likeness (QED) is 0.750. The lowest BCUT2D eigenvalue weighted by atomic mass is 9.86. The number of hydrogen-bond acceptors (Lipinski definition) is 2. The molecule has 0 aliphatic heterocycles. The van der Waals surface area contributed by atoms with Gasteiger partial charge in [-0.3, -0.25) is 4.79 Å². The molecule has 2 rings (SSSR count). The summed E-state index contributed by atoms with van der Waals surface area (Å²) in [6, 6.07) is 0. The summed E-state index contributed by atoms with van der Waals surface area (Å²) in [7, 11) is 0. The maximum Gasteiger partial charge on any atom is 0.309 e. The minimum Gasteiger partial charge on any atom is -0.481 e. The van der Waals surface area contributed by atoms with Crippen molar-refractivity contribution >= 4 is 5.97 Å². The van der Waals surface area contributed by atoms with Crippen LogP contribution in [0.5, 0.6) is 0 Å². The van der Waals surface area contributed by atoms with Gasteiger partial charge in [-0.05, 0) is 37.5 Å². The van der Waals surface area contributed by atoms with Crippen molar-refractivity contribution in [2.75, 3.05) is 6.61 Å². The molecule has 3 heteroatoms. The molecular formula is C11H18O3. The van der Waals surface area contributed by atoms with Crippen molar-refractivity contribution in [1.82, 2.24) is 0 Å². The monoisotopic (exact) mass is 198 g/mol. The van der Waals surface area contributed by atoms with Crippen LogP contribution >= 0.6 is 0 Å². The molecule has 14 heavy (non-hydrogen) atoms. The molecule has 2 fully saturated rings. The first-order valence-electron chi connectivity index (χ1n) is 5.58. The van der Waals surface area contributed by atoms with Gasteiger partial charge in [-0.2, -0.15) is 0 Å². The van der Waals surface area contributed by atoms with E-state index in [0.717, 1.165) is 19.3 Å². The van der Waals surface area contributed by atoms with E-state index < -0.39 is 5.97 Å². The maximum atomic E-state index is 11.1. The molecular weight excluding hydrogens is 180 g/mol.